The quantitative estimate of drug-likeness (QED) is 0.747. The van der Waals surface area contributed by atoms with Crippen molar-refractivity contribution in [1.29, 1.82) is 0 Å². The van der Waals surface area contributed by atoms with E-state index >= 15 is 0 Å². The Labute approximate surface area is 100 Å². The van der Waals surface area contributed by atoms with Gasteiger partial charge in [-0.05, 0) is 25.8 Å². The molecule has 0 N–H and O–H groups in total. The fourth-order valence-corrected chi connectivity index (χ4v) is 2.30. The summed E-state index contributed by atoms with van der Waals surface area (Å²) in [5.41, 5.74) is 2.08. The number of carbonyl (C=O) groups is 1. The summed E-state index contributed by atoms with van der Waals surface area (Å²) in [6.45, 7) is 6.19. The second-order valence-corrected chi connectivity index (χ2v) is 4.69. The predicted octanol–water partition coefficient (Wildman–Crippen LogP) is 1.63. The number of nitrogens with zero attached hydrogens (tertiary/aromatic N) is 3. The van der Waals surface area contributed by atoms with Crippen molar-refractivity contribution in [3.63, 3.8) is 0 Å². The van der Waals surface area contributed by atoms with Crippen molar-refractivity contribution < 1.29 is 9.18 Å². The summed E-state index contributed by atoms with van der Waals surface area (Å²) in [6.07, 6.45) is 1.35. The van der Waals surface area contributed by atoms with Crippen molar-refractivity contribution in [3.8, 4) is 0 Å². The summed E-state index contributed by atoms with van der Waals surface area (Å²) in [6, 6.07) is -0.237. The zero-order valence-electron chi connectivity index (χ0n) is 10.5. The molecule has 1 fully saturated rings. The van der Waals surface area contributed by atoms with Gasteiger partial charge in [0.25, 0.3) is 0 Å². The third kappa shape index (κ3) is 2.18. The summed E-state index contributed by atoms with van der Waals surface area (Å²) in [5, 5.41) is 4.23. The molecule has 0 saturated carbocycles. The highest BCUT2D eigenvalue weighted by molar-refractivity contribution is 5.73. The normalized spacial score (nSPS) is 25.1. The molecule has 1 aromatic heterocycles. The van der Waals surface area contributed by atoms with E-state index in [0.717, 1.165) is 11.3 Å². The van der Waals surface area contributed by atoms with Crippen LogP contribution in [-0.2, 0) is 4.79 Å². The molecular formula is C12H18FN3O. The summed E-state index contributed by atoms with van der Waals surface area (Å²) in [5.74, 6) is -0.0560. The van der Waals surface area contributed by atoms with Gasteiger partial charge in [0, 0.05) is 19.2 Å². The van der Waals surface area contributed by atoms with E-state index in [0.29, 0.717) is 13.0 Å². The van der Waals surface area contributed by atoms with E-state index in [4.69, 9.17) is 0 Å². The average Bonchev–Trinajstić information content (AvgIpc) is 2.60. The molecule has 1 amide bonds. The molecule has 0 aliphatic carbocycles. The van der Waals surface area contributed by atoms with E-state index in [1.54, 1.807) is 15.8 Å². The Kier molecular flexibility index (Phi) is 3.17. The molecule has 0 unspecified atom stereocenters. The number of halogens is 1. The molecule has 2 atom stereocenters. The Morgan fingerprint density at radius 3 is 2.71 bits per heavy atom. The molecular weight excluding hydrogens is 221 g/mol. The van der Waals surface area contributed by atoms with Crippen molar-refractivity contribution in [3.05, 3.63) is 17.5 Å². The van der Waals surface area contributed by atoms with Gasteiger partial charge in [-0.2, -0.15) is 5.10 Å². The number of alkyl halides is 1. The second-order valence-electron chi connectivity index (χ2n) is 4.69. The maximum absolute atomic E-state index is 14.1. The number of aryl methyl sites for hydroxylation is 1. The number of hydrogen-bond donors (Lipinski definition) is 0. The van der Waals surface area contributed by atoms with Crippen LogP contribution in [0.15, 0.2) is 6.20 Å². The van der Waals surface area contributed by atoms with Gasteiger partial charge in [0.2, 0.25) is 5.91 Å². The molecule has 2 heterocycles. The van der Waals surface area contributed by atoms with E-state index in [2.05, 4.69) is 5.10 Å². The van der Waals surface area contributed by atoms with E-state index in [1.165, 1.54) is 6.92 Å². The number of likely N-dealkylation sites (tertiary alicyclic amines) is 1. The molecule has 4 nitrogen and oxygen atoms in total. The Bertz CT molecular complexity index is 429. The lowest BCUT2D eigenvalue weighted by Crippen LogP contribution is -2.45. The van der Waals surface area contributed by atoms with Gasteiger partial charge >= 0.3 is 0 Å². The van der Waals surface area contributed by atoms with Crippen LogP contribution in [0.4, 0.5) is 4.39 Å². The summed E-state index contributed by atoms with van der Waals surface area (Å²) in [4.78, 5) is 12.8. The molecule has 1 aliphatic heterocycles. The largest absolute Gasteiger partial charge is 0.340 e. The average molecular weight is 239 g/mol. The van der Waals surface area contributed by atoms with Gasteiger partial charge in [0.15, 0.2) is 0 Å². The van der Waals surface area contributed by atoms with Crippen LogP contribution in [-0.4, -0.2) is 39.8 Å². The maximum Gasteiger partial charge on any atom is 0.219 e. The smallest absolute Gasteiger partial charge is 0.219 e. The molecule has 0 spiro atoms. The van der Waals surface area contributed by atoms with Crippen LogP contribution < -0.4 is 0 Å². The monoisotopic (exact) mass is 239 g/mol. The predicted molar refractivity (Wildman–Crippen MR) is 62.5 cm³/mol. The highest BCUT2D eigenvalue weighted by Gasteiger charge is 2.32. The first-order chi connectivity index (χ1) is 8.00. The lowest BCUT2D eigenvalue weighted by Gasteiger charge is -2.34. The molecule has 1 aliphatic rings. The third-order valence-corrected chi connectivity index (χ3v) is 3.56. The number of carbonyl (C=O) groups excluding carboxylic acids is 1. The van der Waals surface area contributed by atoms with Gasteiger partial charge < -0.3 is 4.90 Å². The van der Waals surface area contributed by atoms with Crippen LogP contribution in [0.5, 0.6) is 0 Å². The fraction of sp³-hybridized carbons (Fsp3) is 0.667. The first kappa shape index (κ1) is 12.1. The van der Waals surface area contributed by atoms with E-state index in [-0.39, 0.29) is 18.5 Å². The van der Waals surface area contributed by atoms with Gasteiger partial charge in [-0.25, -0.2) is 4.39 Å². The molecule has 1 saturated heterocycles. The zero-order valence-corrected chi connectivity index (χ0v) is 10.5. The molecule has 17 heavy (non-hydrogen) atoms. The minimum Gasteiger partial charge on any atom is -0.340 e. The van der Waals surface area contributed by atoms with Crippen molar-refractivity contribution in [2.24, 2.45) is 0 Å². The van der Waals surface area contributed by atoms with Crippen molar-refractivity contribution in [2.45, 2.75) is 39.4 Å². The molecule has 5 heteroatoms. The lowest BCUT2D eigenvalue weighted by atomic mass is 10.0. The molecule has 0 bridgehead atoms. The van der Waals surface area contributed by atoms with Crippen molar-refractivity contribution >= 4 is 5.91 Å². The molecule has 1 aromatic rings. The van der Waals surface area contributed by atoms with E-state index in [9.17, 15) is 9.18 Å². The van der Waals surface area contributed by atoms with Crippen LogP contribution in [0.3, 0.4) is 0 Å². The molecule has 2 rings (SSSR count). The Balaban J connectivity index is 2.15. The Morgan fingerprint density at radius 1 is 1.53 bits per heavy atom. The summed E-state index contributed by atoms with van der Waals surface area (Å²) in [7, 11) is 0. The van der Waals surface area contributed by atoms with E-state index < -0.39 is 6.17 Å². The highest BCUT2D eigenvalue weighted by atomic mass is 19.1. The Morgan fingerprint density at radius 2 is 2.24 bits per heavy atom. The number of rotatable bonds is 1. The van der Waals surface area contributed by atoms with Gasteiger partial charge in [-0.1, -0.05) is 0 Å². The minimum absolute atomic E-state index is 0.0560. The first-order valence-electron chi connectivity index (χ1n) is 5.91. The van der Waals surface area contributed by atoms with Gasteiger partial charge in [-0.15, -0.1) is 0 Å². The van der Waals surface area contributed by atoms with Gasteiger partial charge in [-0.3, -0.25) is 9.48 Å². The van der Waals surface area contributed by atoms with Gasteiger partial charge in [0.1, 0.15) is 6.17 Å². The van der Waals surface area contributed by atoms with Crippen LogP contribution in [0.2, 0.25) is 0 Å². The van der Waals surface area contributed by atoms with Gasteiger partial charge in [0.05, 0.1) is 18.8 Å². The lowest BCUT2D eigenvalue weighted by molar-refractivity contribution is -0.131. The van der Waals surface area contributed by atoms with Crippen LogP contribution >= 0.6 is 0 Å². The number of amides is 1. The second kappa shape index (κ2) is 4.47. The van der Waals surface area contributed by atoms with Crippen molar-refractivity contribution in [1.82, 2.24) is 14.7 Å². The minimum atomic E-state index is -1.04. The topological polar surface area (TPSA) is 38.1 Å². The van der Waals surface area contributed by atoms with Crippen LogP contribution in [0, 0.1) is 13.8 Å². The first-order valence-corrected chi connectivity index (χ1v) is 5.91. The molecule has 0 radical (unpaired) electrons. The summed E-state index contributed by atoms with van der Waals surface area (Å²) < 4.78 is 15.8. The number of piperidine rings is 1. The van der Waals surface area contributed by atoms with Crippen molar-refractivity contribution in [2.75, 3.05) is 13.1 Å². The summed E-state index contributed by atoms with van der Waals surface area (Å²) >= 11 is 0. The number of aromatic nitrogens is 2. The Hall–Kier alpha value is -1.39. The van der Waals surface area contributed by atoms with Crippen LogP contribution in [0.1, 0.15) is 30.6 Å². The SMILES string of the molecule is CC(=O)N1CC[C@H](n2ncc(C)c2C)[C@@H](F)C1. The fourth-order valence-electron chi connectivity index (χ4n) is 2.30. The maximum atomic E-state index is 14.1. The zero-order chi connectivity index (χ0) is 12.6. The molecule has 0 aromatic carbocycles. The van der Waals surface area contributed by atoms with E-state index in [1.807, 2.05) is 13.8 Å². The molecule has 94 valence electrons. The number of hydrogen-bond acceptors (Lipinski definition) is 2. The standard InChI is InChI=1S/C12H18FN3O/c1-8-6-14-16(9(8)2)12-4-5-15(10(3)17)7-11(12)13/h6,11-12H,4-5,7H2,1-3H3/t11-,12-/m0/s1. The highest BCUT2D eigenvalue weighted by Crippen LogP contribution is 2.26. The third-order valence-electron chi connectivity index (χ3n) is 3.56. The van der Waals surface area contributed by atoms with Crippen LogP contribution in [0.25, 0.3) is 0 Å².